The van der Waals surface area contributed by atoms with Crippen LogP contribution in [-0.4, -0.2) is 43.7 Å². The first-order valence-electron chi connectivity index (χ1n) is 11.0. The SMILES string of the molecule is COc1ccc(CC(=O)O)c(CN(CCc2ccccc2)S(C)(=O)=O)c1-c1ccc(C(F)(F)F)cc1. The van der Waals surface area contributed by atoms with Crippen LogP contribution in [-0.2, 0) is 40.4 Å². The number of aliphatic carboxylic acids is 1. The molecule has 0 unspecified atom stereocenters. The molecule has 0 fully saturated rings. The molecule has 0 aliphatic rings. The first-order valence-corrected chi connectivity index (χ1v) is 12.8. The van der Waals surface area contributed by atoms with E-state index in [-0.39, 0.29) is 18.8 Å². The summed E-state index contributed by atoms with van der Waals surface area (Å²) in [6.45, 7) is -0.0547. The lowest BCUT2D eigenvalue weighted by molar-refractivity contribution is -0.138. The topological polar surface area (TPSA) is 83.9 Å². The molecule has 6 nitrogen and oxygen atoms in total. The number of methoxy groups -OCH3 is 1. The van der Waals surface area contributed by atoms with E-state index in [1.54, 1.807) is 0 Å². The van der Waals surface area contributed by atoms with Gasteiger partial charge in [-0.05, 0) is 46.9 Å². The van der Waals surface area contributed by atoms with Crippen LogP contribution in [0.2, 0.25) is 0 Å². The molecule has 0 atom stereocenters. The standard InChI is InChI=1S/C26H26F3NO5S/c1-35-23-13-10-20(16-24(31)32)22(25(23)19-8-11-21(12-9-19)26(27,28)29)17-30(36(2,33)34)15-14-18-6-4-3-5-7-18/h3-13H,14-17H2,1-2H3,(H,31,32). The van der Waals surface area contributed by atoms with Gasteiger partial charge in [0.1, 0.15) is 5.75 Å². The van der Waals surface area contributed by atoms with E-state index in [4.69, 9.17) is 4.74 Å². The number of hydrogen-bond donors (Lipinski definition) is 1. The summed E-state index contributed by atoms with van der Waals surface area (Å²) >= 11 is 0. The highest BCUT2D eigenvalue weighted by Crippen LogP contribution is 2.38. The van der Waals surface area contributed by atoms with Gasteiger partial charge in [-0.3, -0.25) is 4.79 Å². The van der Waals surface area contributed by atoms with Crippen LogP contribution < -0.4 is 4.74 Å². The molecule has 1 N–H and O–H groups in total. The fraction of sp³-hybridized carbons (Fsp3) is 0.269. The normalized spacial score (nSPS) is 12.1. The number of sulfonamides is 1. The molecule has 0 radical (unpaired) electrons. The summed E-state index contributed by atoms with van der Waals surface area (Å²) in [6.07, 6.45) is -3.45. The predicted molar refractivity (Wildman–Crippen MR) is 130 cm³/mol. The molecule has 192 valence electrons. The number of carboxylic acid groups (broad SMARTS) is 1. The molecule has 0 bridgehead atoms. The largest absolute Gasteiger partial charge is 0.496 e. The highest BCUT2D eigenvalue weighted by molar-refractivity contribution is 7.88. The second-order valence-electron chi connectivity index (χ2n) is 8.26. The van der Waals surface area contributed by atoms with Gasteiger partial charge < -0.3 is 9.84 Å². The molecule has 0 aromatic heterocycles. The summed E-state index contributed by atoms with van der Waals surface area (Å²) in [6, 6.07) is 16.7. The zero-order valence-corrected chi connectivity index (χ0v) is 20.6. The van der Waals surface area contributed by atoms with Crippen molar-refractivity contribution in [2.75, 3.05) is 19.9 Å². The molecule has 10 heteroatoms. The third-order valence-corrected chi connectivity index (χ3v) is 6.98. The summed E-state index contributed by atoms with van der Waals surface area (Å²) < 4.78 is 71.4. The number of halogens is 3. The second-order valence-corrected chi connectivity index (χ2v) is 10.2. The van der Waals surface area contributed by atoms with Gasteiger partial charge >= 0.3 is 12.1 Å². The predicted octanol–water partition coefficient (Wildman–Crippen LogP) is 5.01. The van der Waals surface area contributed by atoms with Crippen LogP contribution in [0.5, 0.6) is 5.75 Å². The van der Waals surface area contributed by atoms with Gasteiger partial charge in [-0.25, -0.2) is 8.42 Å². The average molecular weight is 522 g/mol. The Hall–Kier alpha value is -3.37. The zero-order valence-electron chi connectivity index (χ0n) is 19.7. The Bertz CT molecular complexity index is 1310. The van der Waals surface area contributed by atoms with E-state index in [0.29, 0.717) is 28.7 Å². The van der Waals surface area contributed by atoms with E-state index >= 15 is 0 Å². The lowest BCUT2D eigenvalue weighted by Gasteiger charge is -2.25. The number of hydrogen-bond acceptors (Lipinski definition) is 4. The highest BCUT2D eigenvalue weighted by Gasteiger charge is 2.30. The summed E-state index contributed by atoms with van der Waals surface area (Å²) in [7, 11) is -2.34. The summed E-state index contributed by atoms with van der Waals surface area (Å²) in [5.74, 6) is -0.842. The number of ether oxygens (including phenoxy) is 1. The van der Waals surface area contributed by atoms with Gasteiger partial charge in [0.25, 0.3) is 0 Å². The van der Waals surface area contributed by atoms with E-state index in [0.717, 1.165) is 24.0 Å². The zero-order chi connectivity index (χ0) is 26.5. The Morgan fingerprint density at radius 3 is 2.17 bits per heavy atom. The van der Waals surface area contributed by atoms with Gasteiger partial charge in [0.05, 0.1) is 25.3 Å². The first kappa shape index (κ1) is 27.2. The van der Waals surface area contributed by atoms with Crippen LogP contribution in [0.1, 0.15) is 22.3 Å². The fourth-order valence-electron chi connectivity index (χ4n) is 3.93. The van der Waals surface area contributed by atoms with E-state index in [9.17, 15) is 31.5 Å². The van der Waals surface area contributed by atoms with Gasteiger partial charge in [0, 0.05) is 18.7 Å². The van der Waals surface area contributed by atoms with Crippen molar-refractivity contribution >= 4 is 16.0 Å². The molecular weight excluding hydrogens is 495 g/mol. The van der Waals surface area contributed by atoms with Crippen molar-refractivity contribution < 1.29 is 36.2 Å². The minimum absolute atomic E-state index is 0.124. The van der Waals surface area contributed by atoms with Gasteiger partial charge in [0.15, 0.2) is 0 Å². The smallest absolute Gasteiger partial charge is 0.416 e. The van der Waals surface area contributed by atoms with E-state index in [1.165, 1.54) is 35.7 Å². The number of benzene rings is 3. The van der Waals surface area contributed by atoms with Gasteiger partial charge in [-0.15, -0.1) is 0 Å². The number of nitrogens with zero attached hydrogens (tertiary/aromatic N) is 1. The van der Waals surface area contributed by atoms with Crippen LogP contribution in [0, 0.1) is 0 Å². The number of rotatable bonds is 10. The van der Waals surface area contributed by atoms with Crippen molar-refractivity contribution in [3.05, 3.63) is 89.0 Å². The molecule has 3 rings (SSSR count). The van der Waals surface area contributed by atoms with E-state index in [2.05, 4.69) is 0 Å². The molecule has 0 aliphatic carbocycles. The fourth-order valence-corrected chi connectivity index (χ4v) is 4.71. The molecule has 0 saturated heterocycles. The summed E-state index contributed by atoms with van der Waals surface area (Å²) in [5, 5.41) is 9.46. The van der Waals surface area contributed by atoms with Crippen molar-refractivity contribution in [2.24, 2.45) is 0 Å². The molecular formula is C26H26F3NO5S. The molecule has 3 aromatic carbocycles. The monoisotopic (exact) mass is 521 g/mol. The third kappa shape index (κ3) is 6.86. The Kier molecular flexibility index (Phi) is 8.42. The lowest BCUT2D eigenvalue weighted by atomic mass is 9.92. The van der Waals surface area contributed by atoms with Crippen molar-refractivity contribution in [2.45, 2.75) is 25.6 Å². The Morgan fingerprint density at radius 1 is 1.00 bits per heavy atom. The van der Waals surface area contributed by atoms with Crippen molar-refractivity contribution in [1.82, 2.24) is 4.31 Å². The van der Waals surface area contributed by atoms with Crippen LogP contribution >= 0.6 is 0 Å². The quantitative estimate of drug-likeness (QED) is 0.406. The van der Waals surface area contributed by atoms with E-state index < -0.39 is 34.2 Å². The van der Waals surface area contributed by atoms with Crippen molar-refractivity contribution in [1.29, 1.82) is 0 Å². The van der Waals surface area contributed by atoms with Crippen LogP contribution in [0.25, 0.3) is 11.1 Å². The maximum absolute atomic E-state index is 13.1. The molecule has 0 aliphatic heterocycles. The average Bonchev–Trinajstić information content (AvgIpc) is 2.81. The molecule has 0 heterocycles. The summed E-state index contributed by atoms with van der Waals surface area (Å²) in [4.78, 5) is 11.6. The minimum Gasteiger partial charge on any atom is -0.496 e. The van der Waals surface area contributed by atoms with Gasteiger partial charge in [-0.1, -0.05) is 48.5 Å². The Balaban J connectivity index is 2.12. The van der Waals surface area contributed by atoms with Gasteiger partial charge in [0.2, 0.25) is 10.0 Å². The molecule has 0 amide bonds. The molecule has 36 heavy (non-hydrogen) atoms. The minimum atomic E-state index is -4.53. The second kappa shape index (κ2) is 11.1. The number of alkyl halides is 3. The number of carbonyl (C=O) groups is 1. The summed E-state index contributed by atoms with van der Waals surface area (Å²) in [5.41, 5.74) is 1.47. The highest BCUT2D eigenvalue weighted by atomic mass is 32.2. The Labute approximate surface area is 208 Å². The van der Waals surface area contributed by atoms with Crippen LogP contribution in [0.3, 0.4) is 0 Å². The maximum atomic E-state index is 13.1. The molecule has 0 spiro atoms. The third-order valence-electron chi connectivity index (χ3n) is 5.73. The maximum Gasteiger partial charge on any atom is 0.416 e. The van der Waals surface area contributed by atoms with Crippen LogP contribution in [0.4, 0.5) is 13.2 Å². The molecule has 0 saturated carbocycles. The molecule has 3 aromatic rings. The Morgan fingerprint density at radius 2 is 1.64 bits per heavy atom. The van der Waals surface area contributed by atoms with Gasteiger partial charge in [-0.2, -0.15) is 17.5 Å². The number of carboxylic acids is 1. The van der Waals surface area contributed by atoms with Crippen LogP contribution in [0.15, 0.2) is 66.7 Å². The van der Waals surface area contributed by atoms with Crippen molar-refractivity contribution in [3.63, 3.8) is 0 Å². The van der Waals surface area contributed by atoms with Crippen molar-refractivity contribution in [3.8, 4) is 16.9 Å². The van der Waals surface area contributed by atoms with E-state index in [1.807, 2.05) is 30.3 Å². The first-order chi connectivity index (χ1) is 16.9. The lowest BCUT2D eigenvalue weighted by Crippen LogP contribution is -2.32.